The second-order valence-electron chi connectivity index (χ2n) is 8.81. The van der Waals surface area contributed by atoms with Gasteiger partial charge in [0, 0.05) is 11.3 Å². The summed E-state index contributed by atoms with van der Waals surface area (Å²) in [6.07, 6.45) is 1.16. The fraction of sp³-hybridized carbons (Fsp3) is 0.129. The molecule has 0 saturated carbocycles. The van der Waals surface area contributed by atoms with Gasteiger partial charge in [0.15, 0.2) is 0 Å². The molecule has 5 aromatic rings. The van der Waals surface area contributed by atoms with Crippen LogP contribution in [0.1, 0.15) is 27.8 Å². The van der Waals surface area contributed by atoms with Gasteiger partial charge in [-0.3, -0.25) is 4.79 Å². The summed E-state index contributed by atoms with van der Waals surface area (Å²) in [7, 11) is 0. The zero-order chi connectivity index (χ0) is 25.0. The number of carbonyl (C=O) groups is 1. The number of furan rings is 1. The fourth-order valence-electron chi connectivity index (χ4n) is 4.77. The Bertz CT molecular complexity index is 1520. The summed E-state index contributed by atoms with van der Waals surface area (Å²) in [5.74, 6) is 2.13. The highest BCUT2D eigenvalue weighted by Crippen LogP contribution is 2.41. The van der Waals surface area contributed by atoms with E-state index in [-0.39, 0.29) is 5.91 Å². The molecule has 1 aromatic heterocycles. The van der Waals surface area contributed by atoms with Crippen molar-refractivity contribution in [2.45, 2.75) is 12.7 Å². The number of rotatable bonds is 8. The second kappa shape index (κ2) is 10.1. The smallest absolute Gasteiger partial charge is 0.258 e. The van der Waals surface area contributed by atoms with Gasteiger partial charge in [-0.1, -0.05) is 60.7 Å². The summed E-state index contributed by atoms with van der Waals surface area (Å²) in [6.45, 7) is 1.07. The maximum absolute atomic E-state index is 13.8. The number of ether oxygens (including phenoxy) is 2. The molecule has 0 bridgehead atoms. The van der Waals surface area contributed by atoms with Crippen LogP contribution in [0.25, 0.3) is 10.8 Å². The number of amides is 1. The van der Waals surface area contributed by atoms with Crippen molar-refractivity contribution in [2.24, 2.45) is 0 Å². The van der Waals surface area contributed by atoms with Gasteiger partial charge < -0.3 is 24.1 Å². The molecule has 2 heterocycles. The average Bonchev–Trinajstić information content (AvgIpc) is 3.46. The molecule has 1 N–H and O–H groups in total. The zero-order valence-corrected chi connectivity index (χ0v) is 20.2. The largest absolute Gasteiger partial charge is 0.490 e. The van der Waals surface area contributed by atoms with E-state index in [1.807, 2.05) is 91.0 Å². The van der Waals surface area contributed by atoms with Crippen LogP contribution in [-0.4, -0.2) is 24.0 Å². The minimum atomic E-state index is -0.469. The monoisotopic (exact) mass is 490 g/mol. The first-order valence-electron chi connectivity index (χ1n) is 12.3. The quantitative estimate of drug-likeness (QED) is 0.247. The van der Waals surface area contributed by atoms with Crippen molar-refractivity contribution in [3.05, 3.63) is 126 Å². The Morgan fingerprint density at radius 1 is 0.784 bits per heavy atom. The third-order valence-corrected chi connectivity index (χ3v) is 6.49. The molecular formula is C31H26N2O4. The number of nitrogens with zero attached hydrogens (tertiary/aromatic N) is 1. The number of anilines is 1. The SMILES string of the molecule is O=C1c2ccccc2NC(c2c(OCCOc3ccccc3)ccc3ccccc23)N1Cc1ccco1. The minimum Gasteiger partial charge on any atom is -0.490 e. The van der Waals surface area contributed by atoms with Crippen molar-refractivity contribution in [1.29, 1.82) is 0 Å². The van der Waals surface area contributed by atoms with Gasteiger partial charge in [-0.05, 0) is 53.2 Å². The van der Waals surface area contributed by atoms with Crippen LogP contribution in [-0.2, 0) is 6.54 Å². The van der Waals surface area contributed by atoms with E-state index in [4.69, 9.17) is 13.9 Å². The zero-order valence-electron chi connectivity index (χ0n) is 20.2. The Labute approximate surface area is 215 Å². The van der Waals surface area contributed by atoms with Gasteiger partial charge in [-0.15, -0.1) is 0 Å². The molecular weight excluding hydrogens is 464 g/mol. The van der Waals surface area contributed by atoms with Crippen molar-refractivity contribution in [2.75, 3.05) is 18.5 Å². The molecule has 0 radical (unpaired) electrons. The third kappa shape index (κ3) is 4.61. The Morgan fingerprint density at radius 3 is 2.43 bits per heavy atom. The standard InChI is InChI=1S/C31H26N2O4/c34-31-26-14-6-7-15-27(26)32-30(33(31)21-24-12-8-18-35-24)29-25-13-5-4-9-22(25)16-17-28(29)37-20-19-36-23-10-2-1-3-11-23/h1-18,30,32H,19-21H2. The highest BCUT2D eigenvalue weighted by atomic mass is 16.5. The first-order chi connectivity index (χ1) is 18.3. The van der Waals surface area contributed by atoms with E-state index in [0.717, 1.165) is 27.8 Å². The average molecular weight is 491 g/mol. The Balaban J connectivity index is 1.38. The van der Waals surface area contributed by atoms with E-state index >= 15 is 0 Å². The number of hydrogen-bond donors (Lipinski definition) is 1. The summed E-state index contributed by atoms with van der Waals surface area (Å²) in [6, 6.07) is 33.1. The molecule has 6 heteroatoms. The number of nitrogens with one attached hydrogen (secondary N) is 1. The Kier molecular flexibility index (Phi) is 6.21. The lowest BCUT2D eigenvalue weighted by molar-refractivity contribution is 0.0649. The molecule has 1 aliphatic rings. The number of fused-ring (bicyclic) bond motifs is 2. The summed E-state index contributed by atoms with van der Waals surface area (Å²) >= 11 is 0. The normalized spacial score (nSPS) is 14.8. The summed E-state index contributed by atoms with van der Waals surface area (Å²) in [5.41, 5.74) is 2.32. The molecule has 1 atom stereocenters. The fourth-order valence-corrected chi connectivity index (χ4v) is 4.77. The van der Waals surface area contributed by atoms with E-state index in [0.29, 0.717) is 36.8 Å². The molecule has 0 spiro atoms. The number of para-hydroxylation sites is 2. The van der Waals surface area contributed by atoms with Crippen molar-refractivity contribution < 1.29 is 18.7 Å². The molecule has 0 fully saturated rings. The van der Waals surface area contributed by atoms with Crippen LogP contribution in [0.15, 0.2) is 114 Å². The van der Waals surface area contributed by atoms with Gasteiger partial charge in [-0.2, -0.15) is 0 Å². The van der Waals surface area contributed by atoms with Gasteiger partial charge >= 0.3 is 0 Å². The predicted molar refractivity (Wildman–Crippen MR) is 143 cm³/mol. The third-order valence-electron chi connectivity index (χ3n) is 6.49. The topological polar surface area (TPSA) is 63.9 Å². The van der Waals surface area contributed by atoms with E-state index in [1.165, 1.54) is 0 Å². The van der Waals surface area contributed by atoms with Crippen molar-refractivity contribution >= 4 is 22.4 Å². The van der Waals surface area contributed by atoms with Gasteiger partial charge in [0.1, 0.15) is 36.6 Å². The van der Waals surface area contributed by atoms with Gasteiger partial charge in [0.05, 0.1) is 18.4 Å². The highest BCUT2D eigenvalue weighted by Gasteiger charge is 2.36. The van der Waals surface area contributed by atoms with Crippen LogP contribution >= 0.6 is 0 Å². The molecule has 0 aliphatic carbocycles. The molecule has 4 aromatic carbocycles. The lowest BCUT2D eigenvalue weighted by Gasteiger charge is -2.38. The van der Waals surface area contributed by atoms with E-state index in [9.17, 15) is 4.79 Å². The molecule has 184 valence electrons. The van der Waals surface area contributed by atoms with Crippen LogP contribution in [0.4, 0.5) is 5.69 Å². The molecule has 37 heavy (non-hydrogen) atoms. The lowest BCUT2D eigenvalue weighted by atomic mass is 9.97. The highest BCUT2D eigenvalue weighted by molar-refractivity contribution is 6.02. The van der Waals surface area contributed by atoms with Crippen LogP contribution in [0.5, 0.6) is 11.5 Å². The second-order valence-corrected chi connectivity index (χ2v) is 8.81. The van der Waals surface area contributed by atoms with Crippen LogP contribution in [0.3, 0.4) is 0 Å². The Hall–Kier alpha value is -4.71. The molecule has 6 nitrogen and oxygen atoms in total. The number of benzene rings is 4. The number of hydrogen-bond acceptors (Lipinski definition) is 5. The molecule has 6 rings (SSSR count). The summed E-state index contributed by atoms with van der Waals surface area (Å²) in [4.78, 5) is 15.6. The van der Waals surface area contributed by atoms with Crippen LogP contribution in [0.2, 0.25) is 0 Å². The van der Waals surface area contributed by atoms with Crippen molar-refractivity contribution in [3.8, 4) is 11.5 Å². The summed E-state index contributed by atoms with van der Waals surface area (Å²) < 4.78 is 17.8. The maximum Gasteiger partial charge on any atom is 0.258 e. The van der Waals surface area contributed by atoms with E-state index in [2.05, 4.69) is 17.4 Å². The van der Waals surface area contributed by atoms with Gasteiger partial charge in [0.25, 0.3) is 5.91 Å². The van der Waals surface area contributed by atoms with Crippen molar-refractivity contribution in [1.82, 2.24) is 4.90 Å². The predicted octanol–water partition coefficient (Wildman–Crippen LogP) is 6.66. The van der Waals surface area contributed by atoms with Crippen molar-refractivity contribution in [3.63, 3.8) is 0 Å². The maximum atomic E-state index is 13.8. The molecule has 1 unspecified atom stereocenters. The van der Waals surface area contributed by atoms with Gasteiger partial charge in [0.2, 0.25) is 0 Å². The Morgan fingerprint density at radius 2 is 1.57 bits per heavy atom. The first-order valence-corrected chi connectivity index (χ1v) is 12.3. The summed E-state index contributed by atoms with van der Waals surface area (Å²) in [5, 5.41) is 5.69. The molecule has 0 saturated heterocycles. The lowest BCUT2D eigenvalue weighted by Crippen LogP contribution is -2.42. The van der Waals surface area contributed by atoms with Crippen LogP contribution in [0, 0.1) is 0 Å². The van der Waals surface area contributed by atoms with E-state index < -0.39 is 6.17 Å². The first kappa shape index (κ1) is 22.7. The molecule has 1 aliphatic heterocycles. The van der Waals surface area contributed by atoms with Crippen LogP contribution < -0.4 is 14.8 Å². The van der Waals surface area contributed by atoms with Gasteiger partial charge in [-0.25, -0.2) is 0 Å². The van der Waals surface area contributed by atoms with E-state index in [1.54, 1.807) is 11.2 Å². The minimum absolute atomic E-state index is 0.0676. The molecule has 1 amide bonds. The number of carbonyl (C=O) groups excluding carboxylic acids is 1.